The number of esters is 1. The van der Waals surface area contributed by atoms with Gasteiger partial charge in [-0.2, -0.15) is 0 Å². The number of aliphatic hydroxyl groups is 1. The fourth-order valence-corrected chi connectivity index (χ4v) is 6.84. The first kappa shape index (κ1) is 18.2. The Morgan fingerprint density at radius 3 is 2.73 bits per heavy atom. The van der Waals surface area contributed by atoms with Gasteiger partial charge in [0.1, 0.15) is 0 Å². The normalized spacial score (nSPS) is 47.5. The molecule has 7 atom stereocenters. The summed E-state index contributed by atoms with van der Waals surface area (Å²) in [6, 6.07) is 0. The van der Waals surface area contributed by atoms with Gasteiger partial charge < -0.3 is 14.6 Å². The van der Waals surface area contributed by atoms with Gasteiger partial charge in [-0.15, -0.1) is 0 Å². The molecule has 0 spiro atoms. The van der Waals surface area contributed by atoms with Crippen LogP contribution in [-0.2, 0) is 19.1 Å². The molecule has 0 heterocycles. The fourth-order valence-electron chi connectivity index (χ4n) is 6.84. The van der Waals surface area contributed by atoms with Crippen molar-refractivity contribution in [3.05, 3.63) is 11.6 Å². The number of rotatable bonds is 2. The Morgan fingerprint density at radius 2 is 2.04 bits per heavy atom. The Balaban J connectivity index is 1.69. The zero-order chi connectivity index (χ0) is 18.7. The molecule has 1 N–H and O–H groups in total. The monoisotopic (exact) mass is 362 g/mol. The first-order valence-electron chi connectivity index (χ1n) is 9.97. The molecule has 0 aromatic rings. The number of ether oxygens (including phenoxy) is 2. The lowest BCUT2D eigenvalue weighted by Gasteiger charge is -2.57. The lowest BCUT2D eigenvalue weighted by Crippen LogP contribution is -2.59. The number of ketones is 1. The minimum Gasteiger partial charge on any atom is -0.433 e. The predicted octanol–water partition coefficient (Wildman–Crippen LogP) is 3.00. The molecule has 0 aliphatic heterocycles. The van der Waals surface area contributed by atoms with E-state index in [-0.39, 0.29) is 11.9 Å². The zero-order valence-corrected chi connectivity index (χ0v) is 16.0. The van der Waals surface area contributed by atoms with Crippen LogP contribution in [0.25, 0.3) is 0 Å². The zero-order valence-electron chi connectivity index (χ0n) is 16.0. The summed E-state index contributed by atoms with van der Waals surface area (Å²) < 4.78 is 11.4. The van der Waals surface area contributed by atoms with Gasteiger partial charge >= 0.3 is 5.97 Å². The molecule has 0 aromatic heterocycles. The lowest BCUT2D eigenvalue weighted by atomic mass is 9.50. The Bertz CT molecular complexity index is 655. The van der Waals surface area contributed by atoms with Crippen LogP contribution in [0, 0.1) is 29.1 Å². The summed E-state index contributed by atoms with van der Waals surface area (Å²) in [6.45, 7) is 3.44. The molecule has 0 amide bonds. The van der Waals surface area contributed by atoms with Crippen molar-refractivity contribution >= 4 is 11.8 Å². The van der Waals surface area contributed by atoms with Gasteiger partial charge in [-0.25, -0.2) is 0 Å². The van der Waals surface area contributed by atoms with Gasteiger partial charge in [0.15, 0.2) is 5.78 Å². The SMILES string of the molecule is CO[C@H]1C[C@@]2(C)[C@@H](CC[C@]2(O)OC(C)=O)[C@@H]2CCC3=CC(=O)CC[C@@H]3[C@H]21. The highest BCUT2D eigenvalue weighted by molar-refractivity contribution is 5.91. The Hall–Kier alpha value is -1.20. The average Bonchev–Trinajstić information content (AvgIpc) is 2.83. The van der Waals surface area contributed by atoms with Crippen molar-refractivity contribution in [1.29, 1.82) is 0 Å². The Morgan fingerprint density at radius 1 is 1.27 bits per heavy atom. The second kappa shape index (κ2) is 6.16. The molecule has 26 heavy (non-hydrogen) atoms. The molecule has 0 aromatic carbocycles. The van der Waals surface area contributed by atoms with Gasteiger partial charge in [-0.1, -0.05) is 12.5 Å². The van der Waals surface area contributed by atoms with E-state index in [4.69, 9.17) is 9.47 Å². The van der Waals surface area contributed by atoms with Crippen molar-refractivity contribution in [2.24, 2.45) is 29.1 Å². The van der Waals surface area contributed by atoms with Gasteiger partial charge in [0.2, 0.25) is 5.79 Å². The molecule has 5 heteroatoms. The van der Waals surface area contributed by atoms with E-state index in [1.54, 1.807) is 7.11 Å². The Labute approximate surface area is 155 Å². The van der Waals surface area contributed by atoms with Gasteiger partial charge in [0, 0.05) is 32.3 Å². The third kappa shape index (κ3) is 2.50. The van der Waals surface area contributed by atoms with Crippen LogP contribution in [0.2, 0.25) is 0 Å². The highest BCUT2D eigenvalue weighted by atomic mass is 16.7. The van der Waals surface area contributed by atoms with Crippen LogP contribution in [0.5, 0.6) is 0 Å². The van der Waals surface area contributed by atoms with Gasteiger partial charge in [0.25, 0.3) is 0 Å². The molecule has 4 aliphatic rings. The number of hydrogen-bond acceptors (Lipinski definition) is 5. The molecule has 4 aliphatic carbocycles. The molecule has 144 valence electrons. The highest BCUT2D eigenvalue weighted by Crippen LogP contribution is 2.65. The van der Waals surface area contributed by atoms with Crippen LogP contribution < -0.4 is 0 Å². The number of carbonyl (C=O) groups excluding carboxylic acids is 2. The summed E-state index contributed by atoms with van der Waals surface area (Å²) in [5.74, 6) is 0.0130. The van der Waals surface area contributed by atoms with Crippen molar-refractivity contribution in [3.8, 4) is 0 Å². The highest BCUT2D eigenvalue weighted by Gasteiger charge is 2.66. The molecule has 3 fully saturated rings. The van der Waals surface area contributed by atoms with Gasteiger partial charge in [0.05, 0.1) is 6.10 Å². The van der Waals surface area contributed by atoms with Gasteiger partial charge in [-0.3, -0.25) is 9.59 Å². The lowest BCUT2D eigenvalue weighted by molar-refractivity contribution is -0.272. The van der Waals surface area contributed by atoms with E-state index in [9.17, 15) is 14.7 Å². The molecule has 3 saturated carbocycles. The van der Waals surface area contributed by atoms with Crippen LogP contribution in [0.15, 0.2) is 11.6 Å². The summed E-state index contributed by atoms with van der Waals surface area (Å²) in [5, 5.41) is 11.2. The Kier molecular flexibility index (Phi) is 4.31. The molecule has 0 unspecified atom stereocenters. The molecule has 0 saturated heterocycles. The quantitative estimate of drug-likeness (QED) is 0.604. The summed E-state index contributed by atoms with van der Waals surface area (Å²) >= 11 is 0. The first-order chi connectivity index (χ1) is 12.3. The third-order valence-corrected chi connectivity index (χ3v) is 7.94. The fraction of sp³-hybridized carbons (Fsp3) is 0.810. The first-order valence-corrected chi connectivity index (χ1v) is 9.97. The van der Waals surface area contributed by atoms with Crippen molar-refractivity contribution in [1.82, 2.24) is 0 Å². The number of hydrogen-bond donors (Lipinski definition) is 1. The van der Waals surface area contributed by atoms with Crippen LogP contribution in [-0.4, -0.2) is 35.9 Å². The molecular weight excluding hydrogens is 332 g/mol. The molecule has 0 bridgehead atoms. The second-order valence-corrected chi connectivity index (χ2v) is 9.03. The minimum atomic E-state index is -1.40. The number of allylic oxidation sites excluding steroid dienone is 1. The average molecular weight is 362 g/mol. The number of fused-ring (bicyclic) bond motifs is 5. The third-order valence-electron chi connectivity index (χ3n) is 7.94. The van der Waals surface area contributed by atoms with Crippen molar-refractivity contribution in [3.63, 3.8) is 0 Å². The minimum absolute atomic E-state index is 0.0170. The number of methoxy groups -OCH3 is 1. The van der Waals surface area contributed by atoms with E-state index >= 15 is 0 Å². The van der Waals surface area contributed by atoms with Crippen molar-refractivity contribution in [2.75, 3.05) is 7.11 Å². The maximum absolute atomic E-state index is 11.9. The summed E-state index contributed by atoms with van der Waals surface area (Å²) in [5.41, 5.74) is 0.827. The van der Waals surface area contributed by atoms with E-state index in [2.05, 4.69) is 6.92 Å². The van der Waals surface area contributed by atoms with E-state index in [0.717, 1.165) is 25.7 Å². The summed E-state index contributed by atoms with van der Waals surface area (Å²) in [7, 11) is 1.75. The summed E-state index contributed by atoms with van der Waals surface area (Å²) in [6.07, 6.45) is 7.51. The molecule has 4 rings (SSSR count). The van der Waals surface area contributed by atoms with Crippen molar-refractivity contribution in [2.45, 2.75) is 70.7 Å². The predicted molar refractivity (Wildman–Crippen MR) is 95.0 cm³/mol. The van der Waals surface area contributed by atoms with Crippen LogP contribution >= 0.6 is 0 Å². The van der Waals surface area contributed by atoms with E-state index in [0.29, 0.717) is 42.9 Å². The number of carbonyl (C=O) groups is 2. The van der Waals surface area contributed by atoms with E-state index < -0.39 is 17.2 Å². The van der Waals surface area contributed by atoms with Crippen LogP contribution in [0.4, 0.5) is 0 Å². The standard InChI is InChI=1S/C21H30O5/c1-12(22)26-21(24)9-8-17-16-6-4-13-10-14(23)5-7-15(13)19(16)18(25-3)11-20(17,21)2/h10,15-19,24H,4-9,11H2,1-3H3/t15-,16-,17-,18-,19+,20-,21-/m0/s1. The molecule has 0 radical (unpaired) electrons. The van der Waals surface area contributed by atoms with E-state index in [1.165, 1.54) is 12.5 Å². The summed E-state index contributed by atoms with van der Waals surface area (Å²) in [4.78, 5) is 23.5. The maximum Gasteiger partial charge on any atom is 0.305 e. The maximum atomic E-state index is 11.9. The topological polar surface area (TPSA) is 72.8 Å². The second-order valence-electron chi connectivity index (χ2n) is 9.03. The van der Waals surface area contributed by atoms with Crippen LogP contribution in [0.1, 0.15) is 58.8 Å². The van der Waals surface area contributed by atoms with E-state index in [1.807, 2.05) is 6.08 Å². The smallest absolute Gasteiger partial charge is 0.305 e. The van der Waals surface area contributed by atoms with Crippen molar-refractivity contribution < 1.29 is 24.2 Å². The molecule has 5 nitrogen and oxygen atoms in total. The van der Waals surface area contributed by atoms with Gasteiger partial charge in [-0.05, 0) is 61.9 Å². The largest absolute Gasteiger partial charge is 0.433 e. The molecular formula is C21H30O5. The van der Waals surface area contributed by atoms with Crippen LogP contribution in [0.3, 0.4) is 0 Å².